The average molecular weight is 291 g/mol. The van der Waals surface area contributed by atoms with Crippen molar-refractivity contribution in [2.24, 2.45) is 5.73 Å². The molecule has 1 aromatic carbocycles. The predicted molar refractivity (Wildman–Crippen MR) is 83.1 cm³/mol. The fraction of sp³-hybridized carbons (Fsp3) is 0.562. The van der Waals surface area contributed by atoms with Gasteiger partial charge in [0.15, 0.2) is 0 Å². The molecule has 1 aliphatic rings. The van der Waals surface area contributed by atoms with Crippen molar-refractivity contribution in [1.29, 1.82) is 0 Å². The Kier molecular flexibility index (Phi) is 5.20. The van der Waals surface area contributed by atoms with Crippen molar-refractivity contribution in [1.82, 2.24) is 10.2 Å². The van der Waals surface area contributed by atoms with E-state index in [9.17, 15) is 4.79 Å². The fourth-order valence-corrected chi connectivity index (χ4v) is 2.54. The highest BCUT2D eigenvalue weighted by molar-refractivity contribution is 5.86. The third-order valence-corrected chi connectivity index (χ3v) is 3.99. The highest BCUT2D eigenvalue weighted by Gasteiger charge is 2.36. The van der Waals surface area contributed by atoms with Crippen molar-refractivity contribution in [2.45, 2.75) is 32.4 Å². The van der Waals surface area contributed by atoms with E-state index in [1.807, 2.05) is 38.1 Å². The number of amides is 1. The molecule has 2 rings (SSSR count). The van der Waals surface area contributed by atoms with Crippen molar-refractivity contribution in [3.8, 4) is 5.75 Å². The van der Waals surface area contributed by atoms with Gasteiger partial charge in [-0.25, -0.2) is 0 Å². The summed E-state index contributed by atoms with van der Waals surface area (Å²) in [6, 6.07) is 7.85. The Bertz CT molecular complexity index is 488. The average Bonchev–Trinajstić information content (AvgIpc) is 2.48. The molecule has 0 bridgehead atoms. The summed E-state index contributed by atoms with van der Waals surface area (Å²) < 4.78 is 5.75. The maximum absolute atomic E-state index is 11.9. The summed E-state index contributed by atoms with van der Waals surface area (Å²) in [5.41, 5.74) is 6.25. The fourth-order valence-electron chi connectivity index (χ4n) is 2.54. The summed E-state index contributed by atoms with van der Waals surface area (Å²) in [5, 5.41) is 2.91. The summed E-state index contributed by atoms with van der Waals surface area (Å²) in [6.45, 7) is 7.57. The molecular formula is C16H25N3O2. The molecule has 21 heavy (non-hydrogen) atoms. The van der Waals surface area contributed by atoms with E-state index in [1.165, 1.54) is 0 Å². The van der Waals surface area contributed by atoms with Gasteiger partial charge in [0, 0.05) is 26.2 Å². The maximum Gasteiger partial charge on any atom is 0.239 e. The molecule has 1 aromatic rings. The zero-order valence-corrected chi connectivity index (χ0v) is 12.9. The number of rotatable bonds is 6. The molecule has 0 saturated carbocycles. The van der Waals surface area contributed by atoms with Crippen molar-refractivity contribution < 1.29 is 9.53 Å². The monoisotopic (exact) mass is 291 g/mol. The van der Waals surface area contributed by atoms with Crippen LogP contribution in [0.2, 0.25) is 0 Å². The number of carbonyl (C=O) groups excluding carboxylic acids is 1. The van der Waals surface area contributed by atoms with Gasteiger partial charge in [-0.3, -0.25) is 9.69 Å². The van der Waals surface area contributed by atoms with Crippen molar-refractivity contribution in [2.75, 3.05) is 26.2 Å². The lowest BCUT2D eigenvalue weighted by molar-refractivity contribution is -0.135. The van der Waals surface area contributed by atoms with Gasteiger partial charge >= 0.3 is 0 Å². The summed E-state index contributed by atoms with van der Waals surface area (Å²) in [6.07, 6.45) is 0.892. The smallest absolute Gasteiger partial charge is 0.239 e. The Balaban J connectivity index is 1.77. The zero-order chi connectivity index (χ0) is 15.3. The van der Waals surface area contributed by atoms with E-state index in [1.54, 1.807) is 0 Å². The summed E-state index contributed by atoms with van der Waals surface area (Å²) in [5.74, 6) is 0.957. The SMILES string of the molecule is CC1(C)C(=O)NCCN1CCCOc1cccc(CN)c1. The standard InChI is InChI=1S/C16H25N3O2/c1-16(2)15(20)18-7-9-19(16)8-4-10-21-14-6-3-5-13(11-14)12-17/h3,5-6,11H,4,7-10,12,17H2,1-2H3,(H,18,20). The van der Waals surface area contributed by atoms with Gasteiger partial charge < -0.3 is 15.8 Å². The van der Waals surface area contributed by atoms with Gasteiger partial charge in [-0.2, -0.15) is 0 Å². The van der Waals surface area contributed by atoms with Crippen molar-refractivity contribution >= 4 is 5.91 Å². The third kappa shape index (κ3) is 3.95. The molecule has 0 aromatic heterocycles. The second kappa shape index (κ2) is 6.91. The number of hydrogen-bond donors (Lipinski definition) is 2. The maximum atomic E-state index is 11.9. The molecule has 0 unspecified atom stereocenters. The first-order valence-electron chi connectivity index (χ1n) is 7.49. The lowest BCUT2D eigenvalue weighted by Gasteiger charge is -2.41. The van der Waals surface area contributed by atoms with E-state index in [0.717, 1.165) is 37.4 Å². The summed E-state index contributed by atoms with van der Waals surface area (Å²) >= 11 is 0. The topological polar surface area (TPSA) is 67.6 Å². The predicted octanol–water partition coefficient (Wildman–Crippen LogP) is 1.12. The van der Waals surface area contributed by atoms with Crippen LogP contribution in [0.4, 0.5) is 0 Å². The van der Waals surface area contributed by atoms with Gasteiger partial charge in [0.05, 0.1) is 12.1 Å². The lowest BCUT2D eigenvalue weighted by atomic mass is 9.99. The van der Waals surface area contributed by atoms with Crippen LogP contribution < -0.4 is 15.8 Å². The number of carbonyl (C=O) groups is 1. The van der Waals surface area contributed by atoms with E-state index in [-0.39, 0.29) is 5.91 Å². The number of nitrogens with two attached hydrogens (primary N) is 1. The summed E-state index contributed by atoms with van der Waals surface area (Å²) in [4.78, 5) is 14.1. The molecule has 0 radical (unpaired) electrons. The Morgan fingerprint density at radius 2 is 2.24 bits per heavy atom. The molecule has 1 fully saturated rings. The number of hydrogen-bond acceptors (Lipinski definition) is 4. The first-order chi connectivity index (χ1) is 10.0. The van der Waals surface area contributed by atoms with Gasteiger partial charge in [0.25, 0.3) is 0 Å². The molecule has 5 nitrogen and oxygen atoms in total. The first kappa shape index (κ1) is 15.8. The van der Waals surface area contributed by atoms with Crippen LogP contribution in [-0.4, -0.2) is 42.6 Å². The Hall–Kier alpha value is -1.59. The molecule has 0 atom stereocenters. The normalized spacial score (nSPS) is 18.3. The Morgan fingerprint density at radius 1 is 1.43 bits per heavy atom. The molecule has 5 heteroatoms. The van der Waals surface area contributed by atoms with Crippen LogP contribution in [0.25, 0.3) is 0 Å². The second-order valence-electron chi connectivity index (χ2n) is 5.86. The molecule has 1 heterocycles. The molecule has 1 aliphatic heterocycles. The van der Waals surface area contributed by atoms with Crippen LogP contribution in [-0.2, 0) is 11.3 Å². The van der Waals surface area contributed by atoms with E-state index in [2.05, 4.69) is 10.2 Å². The number of ether oxygens (including phenoxy) is 1. The van der Waals surface area contributed by atoms with Gasteiger partial charge in [-0.15, -0.1) is 0 Å². The number of nitrogens with one attached hydrogen (secondary N) is 1. The Labute approximate surface area is 126 Å². The second-order valence-corrected chi connectivity index (χ2v) is 5.86. The van der Waals surface area contributed by atoms with Gasteiger partial charge in [0.1, 0.15) is 5.75 Å². The van der Waals surface area contributed by atoms with Crippen LogP contribution in [0, 0.1) is 0 Å². The highest BCUT2D eigenvalue weighted by atomic mass is 16.5. The van der Waals surface area contributed by atoms with Gasteiger partial charge in [-0.05, 0) is 38.0 Å². The van der Waals surface area contributed by atoms with Crippen molar-refractivity contribution in [3.05, 3.63) is 29.8 Å². The number of benzene rings is 1. The minimum absolute atomic E-state index is 0.102. The molecule has 0 spiro atoms. The molecule has 1 saturated heterocycles. The van der Waals surface area contributed by atoms with E-state index < -0.39 is 5.54 Å². The molecule has 0 aliphatic carbocycles. The molecular weight excluding hydrogens is 266 g/mol. The molecule has 116 valence electrons. The van der Waals surface area contributed by atoms with E-state index >= 15 is 0 Å². The van der Waals surface area contributed by atoms with Crippen LogP contribution >= 0.6 is 0 Å². The Morgan fingerprint density at radius 3 is 3.00 bits per heavy atom. The van der Waals surface area contributed by atoms with Crippen molar-refractivity contribution in [3.63, 3.8) is 0 Å². The van der Waals surface area contributed by atoms with Gasteiger partial charge in [0.2, 0.25) is 5.91 Å². The minimum Gasteiger partial charge on any atom is -0.494 e. The first-order valence-corrected chi connectivity index (χ1v) is 7.49. The van der Waals surface area contributed by atoms with Gasteiger partial charge in [-0.1, -0.05) is 12.1 Å². The van der Waals surface area contributed by atoms with Crippen LogP contribution in [0.1, 0.15) is 25.8 Å². The largest absolute Gasteiger partial charge is 0.494 e. The number of piperazine rings is 1. The molecule has 1 amide bonds. The highest BCUT2D eigenvalue weighted by Crippen LogP contribution is 2.18. The molecule has 3 N–H and O–H groups in total. The summed E-state index contributed by atoms with van der Waals surface area (Å²) in [7, 11) is 0. The van der Waals surface area contributed by atoms with Crippen LogP contribution in [0.5, 0.6) is 5.75 Å². The third-order valence-electron chi connectivity index (χ3n) is 3.99. The minimum atomic E-state index is -0.433. The van der Waals surface area contributed by atoms with Crippen LogP contribution in [0.15, 0.2) is 24.3 Å². The van der Waals surface area contributed by atoms with Crippen LogP contribution in [0.3, 0.4) is 0 Å². The number of nitrogens with zero attached hydrogens (tertiary/aromatic N) is 1. The zero-order valence-electron chi connectivity index (χ0n) is 12.9. The van der Waals surface area contributed by atoms with E-state index in [4.69, 9.17) is 10.5 Å². The quantitative estimate of drug-likeness (QED) is 0.771. The lowest BCUT2D eigenvalue weighted by Crippen LogP contribution is -2.61. The van der Waals surface area contributed by atoms with E-state index in [0.29, 0.717) is 13.2 Å².